The predicted molar refractivity (Wildman–Crippen MR) is 89.3 cm³/mol. The Morgan fingerprint density at radius 2 is 1.83 bits per heavy atom. The first kappa shape index (κ1) is 17.3. The van der Waals surface area contributed by atoms with E-state index in [1.165, 1.54) is 12.1 Å². The number of carbonyl (C=O) groups is 1. The first-order valence-corrected chi connectivity index (χ1v) is 7.87. The molecule has 0 saturated heterocycles. The summed E-state index contributed by atoms with van der Waals surface area (Å²) in [5, 5.41) is 3.45. The molecule has 0 saturated carbocycles. The highest BCUT2D eigenvalue weighted by Gasteiger charge is 2.13. The van der Waals surface area contributed by atoms with Gasteiger partial charge in [0.15, 0.2) is 6.10 Å². The molecule has 0 fully saturated rings. The van der Waals surface area contributed by atoms with E-state index < -0.39 is 6.10 Å². The zero-order valence-corrected chi connectivity index (χ0v) is 13.6. The lowest BCUT2D eigenvalue weighted by molar-refractivity contribution is -0.127. The lowest BCUT2D eigenvalue weighted by atomic mass is 10.1. The minimum atomic E-state index is -0.581. The minimum Gasteiger partial charge on any atom is -0.481 e. The van der Waals surface area contributed by atoms with E-state index in [0.717, 1.165) is 18.4 Å². The normalized spacial score (nSPS) is 11.8. The molecule has 122 valence electrons. The maximum absolute atomic E-state index is 12.8. The van der Waals surface area contributed by atoms with Gasteiger partial charge in [-0.25, -0.2) is 4.39 Å². The van der Waals surface area contributed by atoms with Crippen LogP contribution in [0.25, 0.3) is 0 Å². The molecule has 0 radical (unpaired) electrons. The number of amides is 1. The molecule has 1 unspecified atom stereocenters. The number of hydrogen-bond donors (Lipinski definition) is 1. The van der Waals surface area contributed by atoms with E-state index in [0.29, 0.717) is 17.3 Å². The second-order valence-corrected chi connectivity index (χ2v) is 5.67. The van der Waals surface area contributed by atoms with Crippen molar-refractivity contribution in [2.45, 2.75) is 25.9 Å². The molecule has 0 spiro atoms. The highest BCUT2D eigenvalue weighted by atomic mass is 35.5. The average Bonchev–Trinajstić information content (AvgIpc) is 2.55. The number of ether oxygens (including phenoxy) is 1. The number of hydrogen-bond acceptors (Lipinski definition) is 2. The van der Waals surface area contributed by atoms with Crippen LogP contribution in [0.2, 0.25) is 5.02 Å². The first-order valence-electron chi connectivity index (χ1n) is 7.49. The van der Waals surface area contributed by atoms with Crippen molar-refractivity contribution in [1.82, 2.24) is 5.32 Å². The molecule has 3 nitrogen and oxygen atoms in total. The number of carbonyl (C=O) groups excluding carboxylic acids is 1. The third kappa shape index (κ3) is 5.91. The highest BCUT2D eigenvalue weighted by molar-refractivity contribution is 6.30. The summed E-state index contributed by atoms with van der Waals surface area (Å²) in [4.78, 5) is 12.0. The Hall–Kier alpha value is -2.07. The van der Waals surface area contributed by atoms with E-state index in [2.05, 4.69) is 5.32 Å². The molecule has 1 amide bonds. The summed E-state index contributed by atoms with van der Waals surface area (Å²) in [6.45, 7) is 2.24. The van der Waals surface area contributed by atoms with Crippen LogP contribution in [0.5, 0.6) is 5.75 Å². The molecule has 1 N–H and O–H groups in total. The molecule has 0 aromatic heterocycles. The third-order valence-corrected chi connectivity index (χ3v) is 3.60. The zero-order chi connectivity index (χ0) is 16.7. The van der Waals surface area contributed by atoms with E-state index in [9.17, 15) is 9.18 Å². The van der Waals surface area contributed by atoms with Crippen molar-refractivity contribution in [3.63, 3.8) is 0 Å². The van der Waals surface area contributed by atoms with Gasteiger partial charge in [-0.15, -0.1) is 0 Å². The maximum Gasteiger partial charge on any atom is 0.260 e. The second-order valence-electron chi connectivity index (χ2n) is 5.24. The van der Waals surface area contributed by atoms with Crippen LogP contribution < -0.4 is 10.1 Å². The summed E-state index contributed by atoms with van der Waals surface area (Å²) >= 11 is 5.80. The number of nitrogens with one attached hydrogen (secondary N) is 1. The van der Waals surface area contributed by atoms with Gasteiger partial charge in [0, 0.05) is 11.6 Å². The summed E-state index contributed by atoms with van der Waals surface area (Å²) in [7, 11) is 0. The van der Waals surface area contributed by atoms with Crippen molar-refractivity contribution in [1.29, 1.82) is 0 Å². The fourth-order valence-corrected chi connectivity index (χ4v) is 2.20. The standard InChI is InChI=1S/C18H19ClFNO2/c1-13(23-17-10-6-15(19)7-11-17)18(22)21-12-2-3-14-4-8-16(20)9-5-14/h4-11,13H,2-3,12H2,1H3,(H,21,22). The van der Waals surface area contributed by atoms with Crippen LogP contribution in [-0.4, -0.2) is 18.6 Å². The SMILES string of the molecule is CC(Oc1ccc(Cl)cc1)C(=O)NCCCc1ccc(F)cc1. The van der Waals surface area contributed by atoms with E-state index in [1.54, 1.807) is 43.3 Å². The monoisotopic (exact) mass is 335 g/mol. The van der Waals surface area contributed by atoms with Gasteiger partial charge in [-0.2, -0.15) is 0 Å². The van der Waals surface area contributed by atoms with E-state index in [4.69, 9.17) is 16.3 Å². The second kappa shape index (κ2) is 8.53. The van der Waals surface area contributed by atoms with Crippen molar-refractivity contribution in [3.05, 3.63) is 64.9 Å². The zero-order valence-electron chi connectivity index (χ0n) is 12.9. The summed E-state index contributed by atoms with van der Waals surface area (Å²) in [5.74, 6) is 0.192. The lowest BCUT2D eigenvalue weighted by Crippen LogP contribution is -2.36. The molecule has 23 heavy (non-hydrogen) atoms. The van der Waals surface area contributed by atoms with Crippen LogP contribution in [0.3, 0.4) is 0 Å². The Bertz CT molecular complexity index is 628. The van der Waals surface area contributed by atoms with Crippen LogP contribution in [0.1, 0.15) is 18.9 Å². The molecule has 2 aromatic carbocycles. The van der Waals surface area contributed by atoms with Gasteiger partial charge < -0.3 is 10.1 Å². The van der Waals surface area contributed by atoms with Crippen LogP contribution >= 0.6 is 11.6 Å². The Morgan fingerprint density at radius 3 is 2.48 bits per heavy atom. The Labute approximate surface area is 140 Å². The van der Waals surface area contributed by atoms with Crippen LogP contribution in [-0.2, 0) is 11.2 Å². The fraction of sp³-hybridized carbons (Fsp3) is 0.278. The summed E-state index contributed by atoms with van der Waals surface area (Å²) in [6.07, 6.45) is 0.986. The fourth-order valence-electron chi connectivity index (χ4n) is 2.07. The Balaban J connectivity index is 1.69. The molecule has 2 aromatic rings. The van der Waals surface area contributed by atoms with Crippen molar-refractivity contribution < 1.29 is 13.9 Å². The minimum absolute atomic E-state index is 0.168. The van der Waals surface area contributed by atoms with Gasteiger partial charge in [0.1, 0.15) is 11.6 Å². The van der Waals surface area contributed by atoms with Crippen LogP contribution in [0, 0.1) is 5.82 Å². The van der Waals surface area contributed by atoms with Crippen molar-refractivity contribution in [3.8, 4) is 5.75 Å². The van der Waals surface area contributed by atoms with E-state index in [1.807, 2.05) is 0 Å². The summed E-state index contributed by atoms with van der Waals surface area (Å²) in [6, 6.07) is 13.3. The number of halogens is 2. The Morgan fingerprint density at radius 1 is 1.17 bits per heavy atom. The molecule has 0 aliphatic carbocycles. The largest absolute Gasteiger partial charge is 0.481 e. The van der Waals surface area contributed by atoms with Gasteiger partial charge in [-0.1, -0.05) is 23.7 Å². The van der Waals surface area contributed by atoms with Gasteiger partial charge in [0.25, 0.3) is 5.91 Å². The molecular weight excluding hydrogens is 317 g/mol. The number of rotatable bonds is 7. The third-order valence-electron chi connectivity index (χ3n) is 3.35. The number of benzene rings is 2. The lowest BCUT2D eigenvalue weighted by Gasteiger charge is -2.14. The quantitative estimate of drug-likeness (QED) is 0.777. The topological polar surface area (TPSA) is 38.3 Å². The Kier molecular flexibility index (Phi) is 6.41. The molecule has 1 atom stereocenters. The maximum atomic E-state index is 12.8. The molecule has 0 aliphatic heterocycles. The molecule has 0 aliphatic rings. The van der Waals surface area contributed by atoms with Crippen molar-refractivity contribution in [2.24, 2.45) is 0 Å². The van der Waals surface area contributed by atoms with Gasteiger partial charge >= 0.3 is 0 Å². The molecule has 0 heterocycles. The number of aryl methyl sites for hydroxylation is 1. The predicted octanol–water partition coefficient (Wildman–Crippen LogP) is 4.00. The van der Waals surface area contributed by atoms with Gasteiger partial charge in [-0.05, 0) is 61.7 Å². The average molecular weight is 336 g/mol. The smallest absolute Gasteiger partial charge is 0.260 e. The van der Waals surface area contributed by atoms with E-state index in [-0.39, 0.29) is 11.7 Å². The molecule has 2 rings (SSSR count). The van der Waals surface area contributed by atoms with Gasteiger partial charge in [-0.3, -0.25) is 4.79 Å². The summed E-state index contributed by atoms with van der Waals surface area (Å²) in [5.41, 5.74) is 1.05. The first-order chi connectivity index (χ1) is 11.0. The molecule has 5 heteroatoms. The van der Waals surface area contributed by atoms with Crippen molar-refractivity contribution >= 4 is 17.5 Å². The van der Waals surface area contributed by atoms with E-state index >= 15 is 0 Å². The van der Waals surface area contributed by atoms with Crippen LogP contribution in [0.4, 0.5) is 4.39 Å². The summed E-state index contributed by atoms with van der Waals surface area (Å²) < 4.78 is 18.3. The van der Waals surface area contributed by atoms with Crippen LogP contribution in [0.15, 0.2) is 48.5 Å². The van der Waals surface area contributed by atoms with Crippen molar-refractivity contribution in [2.75, 3.05) is 6.54 Å². The molecular formula is C18H19ClFNO2. The van der Waals surface area contributed by atoms with Gasteiger partial charge in [0.05, 0.1) is 0 Å². The molecule has 0 bridgehead atoms. The van der Waals surface area contributed by atoms with Gasteiger partial charge in [0.2, 0.25) is 0 Å². The highest BCUT2D eigenvalue weighted by Crippen LogP contribution is 2.16.